The summed E-state index contributed by atoms with van der Waals surface area (Å²) in [5, 5.41) is 8.88. The number of nitrogens with zero attached hydrogens (tertiary/aromatic N) is 1. The molecule has 0 aliphatic carbocycles. The topological polar surface area (TPSA) is 66.8 Å². The van der Waals surface area contributed by atoms with E-state index in [9.17, 15) is 9.59 Å². The maximum absolute atomic E-state index is 13.0. The number of para-hydroxylation sites is 1. The molecule has 1 unspecified atom stereocenters. The van der Waals surface area contributed by atoms with Gasteiger partial charge in [0.25, 0.3) is 5.91 Å². The standard InChI is InChI=1S/C20H21NO4S/c22-18(23)8-7-13-4-3-9-21(11-13)20(24)17-10-14-12-25-16-6-2-1-5-15(16)19(14)26-17/h1-2,5-6,10,13H,3-4,7-9,11-12H2,(H,22,23). The lowest BCUT2D eigenvalue weighted by molar-refractivity contribution is -0.137. The summed E-state index contributed by atoms with van der Waals surface area (Å²) < 4.78 is 5.79. The number of hydrogen-bond acceptors (Lipinski definition) is 4. The van der Waals surface area contributed by atoms with Gasteiger partial charge in [0, 0.05) is 35.5 Å². The molecule has 5 nitrogen and oxygen atoms in total. The van der Waals surface area contributed by atoms with Crippen molar-refractivity contribution in [2.24, 2.45) is 5.92 Å². The smallest absolute Gasteiger partial charge is 0.303 e. The number of carbonyl (C=O) groups excluding carboxylic acids is 1. The Labute approximate surface area is 156 Å². The largest absolute Gasteiger partial charge is 0.488 e. The van der Waals surface area contributed by atoms with Crippen molar-refractivity contribution < 1.29 is 19.4 Å². The van der Waals surface area contributed by atoms with Crippen LogP contribution in [0.15, 0.2) is 30.3 Å². The van der Waals surface area contributed by atoms with Crippen LogP contribution >= 0.6 is 11.3 Å². The number of carboxylic acids is 1. The van der Waals surface area contributed by atoms with Crippen molar-refractivity contribution in [3.8, 4) is 16.2 Å². The summed E-state index contributed by atoms with van der Waals surface area (Å²) in [5.41, 5.74) is 2.12. The predicted octanol–water partition coefficient (Wildman–Crippen LogP) is 4.02. The summed E-state index contributed by atoms with van der Waals surface area (Å²) >= 11 is 1.53. The summed E-state index contributed by atoms with van der Waals surface area (Å²) in [6.45, 7) is 1.90. The maximum atomic E-state index is 13.0. The number of benzene rings is 1. The Hall–Kier alpha value is -2.34. The number of thiophene rings is 1. The molecule has 1 aromatic carbocycles. The molecule has 2 aliphatic heterocycles. The molecule has 0 saturated carbocycles. The lowest BCUT2D eigenvalue weighted by atomic mass is 9.93. The Morgan fingerprint density at radius 1 is 1.31 bits per heavy atom. The molecule has 26 heavy (non-hydrogen) atoms. The number of hydrogen-bond donors (Lipinski definition) is 1. The Kier molecular flexibility index (Phi) is 4.68. The van der Waals surface area contributed by atoms with Crippen molar-refractivity contribution in [2.75, 3.05) is 13.1 Å². The van der Waals surface area contributed by atoms with E-state index >= 15 is 0 Å². The molecule has 6 heteroatoms. The molecule has 136 valence electrons. The quantitative estimate of drug-likeness (QED) is 0.881. The molecule has 1 aromatic heterocycles. The van der Waals surface area contributed by atoms with Gasteiger partial charge in [0.05, 0.1) is 4.88 Å². The van der Waals surface area contributed by atoms with Crippen LogP contribution in [0.25, 0.3) is 10.4 Å². The van der Waals surface area contributed by atoms with E-state index in [0.717, 1.165) is 46.0 Å². The summed E-state index contributed by atoms with van der Waals surface area (Å²) in [6, 6.07) is 9.88. The average Bonchev–Trinajstić information content (AvgIpc) is 3.11. The van der Waals surface area contributed by atoms with E-state index in [0.29, 0.717) is 19.6 Å². The van der Waals surface area contributed by atoms with Gasteiger partial charge in [0.1, 0.15) is 12.4 Å². The van der Waals surface area contributed by atoms with Crippen molar-refractivity contribution in [1.82, 2.24) is 4.90 Å². The SMILES string of the molecule is O=C(O)CCC1CCCN(C(=O)c2cc3c(s2)-c2ccccc2OC3)C1. The molecule has 2 aliphatic rings. The number of amides is 1. The van der Waals surface area contributed by atoms with Crippen molar-refractivity contribution in [2.45, 2.75) is 32.3 Å². The van der Waals surface area contributed by atoms with Gasteiger partial charge in [-0.2, -0.15) is 0 Å². The minimum atomic E-state index is -0.766. The zero-order valence-corrected chi connectivity index (χ0v) is 15.3. The van der Waals surface area contributed by atoms with Crippen molar-refractivity contribution in [1.29, 1.82) is 0 Å². The fourth-order valence-electron chi connectivity index (χ4n) is 3.77. The molecule has 1 amide bonds. The van der Waals surface area contributed by atoms with Gasteiger partial charge in [-0.1, -0.05) is 12.1 Å². The van der Waals surface area contributed by atoms with Crippen LogP contribution < -0.4 is 4.74 Å². The van der Waals surface area contributed by atoms with Crippen LogP contribution in [0, 0.1) is 5.92 Å². The molecule has 3 heterocycles. The van der Waals surface area contributed by atoms with Crippen LogP contribution in [-0.4, -0.2) is 35.0 Å². The van der Waals surface area contributed by atoms with Crippen LogP contribution in [-0.2, 0) is 11.4 Å². The highest BCUT2D eigenvalue weighted by Gasteiger charge is 2.28. The zero-order chi connectivity index (χ0) is 18.1. The van der Waals surface area contributed by atoms with Crippen LogP contribution in [0.3, 0.4) is 0 Å². The molecular formula is C20H21NO4S. The summed E-state index contributed by atoms with van der Waals surface area (Å²) in [5.74, 6) is 0.440. The first-order chi connectivity index (χ1) is 12.6. The minimum Gasteiger partial charge on any atom is -0.488 e. The van der Waals surface area contributed by atoms with Crippen molar-refractivity contribution in [3.05, 3.63) is 40.8 Å². The van der Waals surface area contributed by atoms with Gasteiger partial charge < -0.3 is 14.7 Å². The maximum Gasteiger partial charge on any atom is 0.303 e. The molecule has 1 fully saturated rings. The van der Waals surface area contributed by atoms with Crippen LogP contribution in [0.4, 0.5) is 0 Å². The highest BCUT2D eigenvalue weighted by Crippen LogP contribution is 2.42. The molecule has 1 atom stereocenters. The van der Waals surface area contributed by atoms with E-state index in [-0.39, 0.29) is 18.2 Å². The van der Waals surface area contributed by atoms with E-state index in [1.54, 1.807) is 0 Å². The van der Waals surface area contributed by atoms with Gasteiger partial charge in [0.2, 0.25) is 0 Å². The predicted molar refractivity (Wildman–Crippen MR) is 99.6 cm³/mol. The molecule has 0 radical (unpaired) electrons. The molecule has 1 N–H and O–H groups in total. The highest BCUT2D eigenvalue weighted by molar-refractivity contribution is 7.17. The number of carbonyl (C=O) groups is 2. The Morgan fingerprint density at radius 2 is 2.15 bits per heavy atom. The number of piperidine rings is 1. The Morgan fingerprint density at radius 3 is 3.00 bits per heavy atom. The van der Waals surface area contributed by atoms with E-state index in [4.69, 9.17) is 9.84 Å². The summed E-state index contributed by atoms with van der Waals surface area (Å²) in [4.78, 5) is 27.5. The Balaban J connectivity index is 1.51. The molecular weight excluding hydrogens is 350 g/mol. The van der Waals surface area contributed by atoms with Gasteiger partial charge in [0.15, 0.2) is 0 Å². The second-order valence-electron chi connectivity index (χ2n) is 6.94. The van der Waals surface area contributed by atoms with Gasteiger partial charge in [-0.25, -0.2) is 0 Å². The zero-order valence-electron chi connectivity index (χ0n) is 14.4. The molecule has 4 rings (SSSR count). The molecule has 0 bridgehead atoms. The lowest BCUT2D eigenvalue weighted by Gasteiger charge is -2.32. The first kappa shape index (κ1) is 17.1. The Bertz CT molecular complexity index is 844. The van der Waals surface area contributed by atoms with E-state index in [1.807, 2.05) is 35.2 Å². The fraction of sp³-hybridized carbons (Fsp3) is 0.400. The minimum absolute atomic E-state index is 0.0573. The van der Waals surface area contributed by atoms with E-state index in [2.05, 4.69) is 0 Å². The number of fused-ring (bicyclic) bond motifs is 3. The molecule has 0 spiro atoms. The molecule has 2 aromatic rings. The number of rotatable bonds is 4. The van der Waals surface area contributed by atoms with Gasteiger partial charge in [-0.15, -0.1) is 11.3 Å². The second kappa shape index (κ2) is 7.11. The average molecular weight is 371 g/mol. The second-order valence-corrected chi connectivity index (χ2v) is 7.99. The van der Waals surface area contributed by atoms with E-state index in [1.165, 1.54) is 11.3 Å². The third-order valence-corrected chi connectivity index (χ3v) is 6.31. The number of carboxylic acid groups (broad SMARTS) is 1. The van der Waals surface area contributed by atoms with Crippen molar-refractivity contribution >= 4 is 23.2 Å². The first-order valence-corrected chi connectivity index (χ1v) is 9.79. The fourth-order valence-corrected chi connectivity index (χ4v) is 4.94. The number of likely N-dealkylation sites (tertiary alicyclic amines) is 1. The van der Waals surface area contributed by atoms with Gasteiger partial charge >= 0.3 is 5.97 Å². The highest BCUT2D eigenvalue weighted by atomic mass is 32.1. The summed E-state index contributed by atoms with van der Waals surface area (Å²) in [6.07, 6.45) is 2.75. The lowest BCUT2D eigenvalue weighted by Crippen LogP contribution is -2.39. The third kappa shape index (κ3) is 3.33. The number of aliphatic carboxylic acids is 1. The third-order valence-electron chi connectivity index (χ3n) is 5.11. The first-order valence-electron chi connectivity index (χ1n) is 8.98. The van der Waals surface area contributed by atoms with Crippen LogP contribution in [0.1, 0.15) is 40.9 Å². The monoisotopic (exact) mass is 371 g/mol. The summed E-state index contributed by atoms with van der Waals surface area (Å²) in [7, 11) is 0. The van der Waals surface area contributed by atoms with Gasteiger partial charge in [-0.05, 0) is 43.4 Å². The van der Waals surface area contributed by atoms with E-state index < -0.39 is 5.97 Å². The normalized spacial score (nSPS) is 18.6. The molecule has 1 saturated heterocycles. The number of ether oxygens (including phenoxy) is 1. The van der Waals surface area contributed by atoms with Crippen molar-refractivity contribution in [3.63, 3.8) is 0 Å². The van der Waals surface area contributed by atoms with Gasteiger partial charge in [-0.3, -0.25) is 9.59 Å². The van der Waals surface area contributed by atoms with Crippen LogP contribution in [0.5, 0.6) is 5.75 Å². The van der Waals surface area contributed by atoms with Crippen LogP contribution in [0.2, 0.25) is 0 Å².